The first-order valence-electron chi connectivity index (χ1n) is 26.1. The van der Waals surface area contributed by atoms with E-state index in [4.69, 9.17) is 8.83 Å². The highest BCUT2D eigenvalue weighted by atomic mass is 16.3. The van der Waals surface area contributed by atoms with Crippen LogP contribution in [-0.4, -0.2) is 0 Å². The number of rotatable bonds is 9. The van der Waals surface area contributed by atoms with Crippen LogP contribution in [0.25, 0.3) is 98.8 Å². The van der Waals surface area contributed by atoms with E-state index >= 15 is 0 Å². The molecule has 0 saturated carbocycles. The number of nitrogens with zero attached hydrogens (tertiary/aromatic N) is 2. The quantitative estimate of drug-likeness (QED) is 0.144. The fourth-order valence-electron chi connectivity index (χ4n) is 11.8. The van der Waals surface area contributed by atoms with Crippen LogP contribution >= 0.6 is 0 Å². The van der Waals surface area contributed by atoms with Gasteiger partial charge >= 0.3 is 0 Å². The van der Waals surface area contributed by atoms with Gasteiger partial charge in [0.2, 0.25) is 0 Å². The molecule has 14 rings (SSSR count). The summed E-state index contributed by atoms with van der Waals surface area (Å²) in [6.45, 7) is 8.80. The van der Waals surface area contributed by atoms with Crippen LogP contribution in [0.3, 0.4) is 0 Å². The fraction of sp³-hybridized carbons (Fsp3) is 0.0556. The molecule has 0 bridgehead atoms. The summed E-state index contributed by atoms with van der Waals surface area (Å²) < 4.78 is 14.2. The Morgan fingerprint density at radius 1 is 0.263 bits per heavy atom. The van der Waals surface area contributed by atoms with E-state index in [1.807, 2.05) is 0 Å². The molecule has 2 aromatic heterocycles. The zero-order valence-corrected chi connectivity index (χ0v) is 42.8. The molecule has 0 N–H and O–H groups in total. The molecular weight excluding hydrogens is 925 g/mol. The predicted octanol–water partition coefficient (Wildman–Crippen LogP) is 21.0. The van der Waals surface area contributed by atoms with Crippen LogP contribution in [0.15, 0.2) is 251 Å². The average molecular weight is 977 g/mol. The minimum atomic E-state index is 0.812. The van der Waals surface area contributed by atoms with Crippen molar-refractivity contribution < 1.29 is 8.83 Å². The summed E-state index contributed by atoms with van der Waals surface area (Å²) in [4.78, 5) is 4.81. The monoisotopic (exact) mass is 976 g/mol. The lowest BCUT2D eigenvalue weighted by atomic mass is 9.97. The van der Waals surface area contributed by atoms with Crippen LogP contribution in [0.1, 0.15) is 22.3 Å². The lowest BCUT2D eigenvalue weighted by Crippen LogP contribution is -2.13. The first-order valence-corrected chi connectivity index (χ1v) is 26.1. The number of hydrogen-bond donors (Lipinski definition) is 0. The van der Waals surface area contributed by atoms with Gasteiger partial charge in [0.05, 0.1) is 16.9 Å². The Balaban J connectivity index is 0.921. The van der Waals surface area contributed by atoms with Gasteiger partial charge in [-0.2, -0.15) is 0 Å². The van der Waals surface area contributed by atoms with Gasteiger partial charge < -0.3 is 18.6 Å². The molecule has 0 unspecified atom stereocenters. The number of para-hydroxylation sites is 2. The Kier molecular flexibility index (Phi) is 10.7. The lowest BCUT2D eigenvalue weighted by Gasteiger charge is -2.29. The maximum absolute atomic E-state index is 7.10. The molecule has 4 nitrogen and oxygen atoms in total. The van der Waals surface area contributed by atoms with Crippen molar-refractivity contribution in [3.63, 3.8) is 0 Å². The predicted molar refractivity (Wildman–Crippen MR) is 321 cm³/mol. The van der Waals surface area contributed by atoms with Gasteiger partial charge in [0.1, 0.15) is 22.3 Å². The van der Waals surface area contributed by atoms with Gasteiger partial charge in [-0.05, 0) is 178 Å². The van der Waals surface area contributed by atoms with Gasteiger partial charge in [-0.1, -0.05) is 164 Å². The van der Waals surface area contributed by atoms with Crippen molar-refractivity contribution in [2.75, 3.05) is 9.80 Å². The van der Waals surface area contributed by atoms with E-state index in [9.17, 15) is 0 Å². The minimum Gasteiger partial charge on any atom is -0.455 e. The van der Waals surface area contributed by atoms with Gasteiger partial charge in [-0.25, -0.2) is 0 Å². The van der Waals surface area contributed by atoms with Crippen molar-refractivity contribution >= 4 is 99.5 Å². The molecule has 4 heteroatoms. The van der Waals surface area contributed by atoms with Crippen molar-refractivity contribution in [3.05, 3.63) is 265 Å². The lowest BCUT2D eigenvalue weighted by molar-refractivity contribution is 0.658. The summed E-state index contributed by atoms with van der Waals surface area (Å²) in [6, 6.07) is 87.6. The van der Waals surface area contributed by atoms with Crippen molar-refractivity contribution in [2.45, 2.75) is 27.7 Å². The molecule has 2 heterocycles. The van der Waals surface area contributed by atoms with Gasteiger partial charge in [-0.15, -0.1) is 0 Å². The normalized spacial score (nSPS) is 11.7. The van der Waals surface area contributed by atoms with E-state index < -0.39 is 0 Å². The summed E-state index contributed by atoms with van der Waals surface area (Å²) in [6.07, 6.45) is 0. The topological polar surface area (TPSA) is 32.8 Å². The van der Waals surface area contributed by atoms with Crippen LogP contribution in [0.4, 0.5) is 34.1 Å². The average Bonchev–Trinajstić information content (AvgIpc) is 4.07. The molecule has 0 saturated heterocycles. The zero-order valence-electron chi connectivity index (χ0n) is 42.8. The molecule has 0 aliphatic rings. The molecule has 0 spiro atoms. The molecule has 0 amide bonds. The van der Waals surface area contributed by atoms with E-state index in [0.717, 1.165) is 99.3 Å². The highest BCUT2D eigenvalue weighted by Gasteiger charge is 2.24. The van der Waals surface area contributed by atoms with Crippen LogP contribution in [0, 0.1) is 27.7 Å². The summed E-state index contributed by atoms with van der Waals surface area (Å²) in [7, 11) is 0. The number of hydrogen-bond acceptors (Lipinski definition) is 4. The third kappa shape index (κ3) is 7.60. The number of aryl methyl sites for hydroxylation is 4. The van der Waals surface area contributed by atoms with Crippen LogP contribution in [-0.2, 0) is 0 Å². The number of furan rings is 2. The summed E-state index contributed by atoms with van der Waals surface area (Å²) in [5.74, 6) is 0. The Bertz CT molecular complexity index is 4260. The van der Waals surface area contributed by atoms with E-state index in [0.29, 0.717) is 0 Å². The van der Waals surface area contributed by atoms with E-state index in [1.165, 1.54) is 55.9 Å². The van der Waals surface area contributed by atoms with Crippen LogP contribution in [0.5, 0.6) is 0 Å². The second-order valence-corrected chi connectivity index (χ2v) is 20.3. The third-order valence-corrected chi connectivity index (χ3v) is 15.4. The van der Waals surface area contributed by atoms with Crippen molar-refractivity contribution in [2.24, 2.45) is 0 Å². The van der Waals surface area contributed by atoms with Gasteiger partial charge in [0.15, 0.2) is 0 Å². The Morgan fingerprint density at radius 3 is 1.05 bits per heavy atom. The number of anilines is 6. The first kappa shape index (κ1) is 45.0. The Labute approximate surface area is 441 Å². The zero-order chi connectivity index (χ0) is 51.0. The molecule has 12 aromatic carbocycles. The van der Waals surface area contributed by atoms with Crippen molar-refractivity contribution in [1.29, 1.82) is 0 Å². The van der Waals surface area contributed by atoms with E-state index in [2.05, 4.69) is 280 Å². The number of fused-ring (bicyclic) bond motifs is 8. The van der Waals surface area contributed by atoms with Gasteiger partial charge in [0, 0.05) is 44.3 Å². The third-order valence-electron chi connectivity index (χ3n) is 15.4. The maximum Gasteiger partial charge on any atom is 0.147 e. The van der Waals surface area contributed by atoms with Crippen LogP contribution < -0.4 is 9.80 Å². The maximum atomic E-state index is 7.10. The SMILES string of the molecule is Cc1cccc(C)c1N(c1cccc(-c2ccccc2)c1)c1ccc2cc3c(cc2c1)oc1c(-c2ccccc2)c2oc4cc5cc(N(c6cccc(-c7ccccc7)c6)c6c(C)cccc6C)ccc5cc4c2cc13. The molecule has 0 aliphatic carbocycles. The van der Waals surface area contributed by atoms with Gasteiger partial charge in [0.25, 0.3) is 0 Å². The van der Waals surface area contributed by atoms with Gasteiger partial charge in [-0.3, -0.25) is 0 Å². The minimum absolute atomic E-state index is 0.812. The van der Waals surface area contributed by atoms with Crippen molar-refractivity contribution in [3.8, 4) is 33.4 Å². The second kappa shape index (κ2) is 18.1. The van der Waals surface area contributed by atoms with Crippen molar-refractivity contribution in [1.82, 2.24) is 0 Å². The first-order chi connectivity index (χ1) is 37.3. The molecule has 0 aliphatic heterocycles. The molecule has 0 fully saturated rings. The molecular formula is C72H52N2O2. The molecule has 14 aromatic rings. The Morgan fingerprint density at radius 2 is 0.632 bits per heavy atom. The molecule has 362 valence electrons. The highest BCUT2D eigenvalue weighted by Crippen LogP contribution is 2.48. The Hall–Kier alpha value is -9.64. The molecule has 0 radical (unpaired) electrons. The summed E-state index contributed by atoms with van der Waals surface area (Å²) >= 11 is 0. The summed E-state index contributed by atoms with van der Waals surface area (Å²) in [5.41, 5.74) is 21.6. The smallest absolute Gasteiger partial charge is 0.147 e. The molecule has 0 atom stereocenters. The van der Waals surface area contributed by atoms with Crippen LogP contribution in [0.2, 0.25) is 0 Å². The number of benzene rings is 12. The van der Waals surface area contributed by atoms with E-state index in [-0.39, 0.29) is 0 Å². The summed E-state index contributed by atoms with van der Waals surface area (Å²) in [5, 5.41) is 8.73. The highest BCUT2D eigenvalue weighted by molar-refractivity contribution is 6.24. The standard InChI is InChI=1S/C72H52N2O2/c1-45-18-14-19-46(2)69(45)73(58-30-16-28-52(36-58)49-22-8-5-9-23-49)60-34-32-54-40-62-64-44-65-63-41-55-33-35-61(74(70-47(3)20-15-21-48(70)4)59-31-17-29-53(37-59)50-24-10-6-11-25-50)39-57(55)43-67(63)76-72(65)68(51-26-12-7-13-27-51)71(64)75-66(62)42-56(54)38-60/h5-44H,1-4H3. The largest absolute Gasteiger partial charge is 0.455 e. The van der Waals surface area contributed by atoms with E-state index in [1.54, 1.807) is 0 Å². The molecule has 76 heavy (non-hydrogen) atoms. The second-order valence-electron chi connectivity index (χ2n) is 20.3. The fourth-order valence-corrected chi connectivity index (χ4v) is 11.8.